The van der Waals surface area contributed by atoms with Crippen LogP contribution in [-0.2, 0) is 31.3 Å². The second kappa shape index (κ2) is 14.3. The Bertz CT molecular complexity index is 1880. The molecule has 12 heteroatoms. The van der Waals surface area contributed by atoms with Crippen LogP contribution in [0.5, 0.6) is 5.75 Å². The number of hydrogen-bond donors (Lipinski definition) is 0. The van der Waals surface area contributed by atoms with Crippen molar-refractivity contribution >= 4 is 44.9 Å². The third-order valence-corrected chi connectivity index (χ3v) is 13.5. The molecule has 2 atom stereocenters. The number of carbonyl (C=O) groups excluding carboxylic acids is 1. The molecule has 3 aromatic rings. The van der Waals surface area contributed by atoms with E-state index in [1.807, 2.05) is 97.3 Å². The average molecular weight is 756 g/mol. The predicted octanol–water partition coefficient (Wildman–Crippen LogP) is 7.48. The fourth-order valence-electron chi connectivity index (χ4n) is 7.70. The number of methoxy groups -OCH3 is 1. The first-order chi connectivity index (χ1) is 24.1. The van der Waals surface area contributed by atoms with Gasteiger partial charge in [0, 0.05) is 49.4 Å². The summed E-state index contributed by atoms with van der Waals surface area (Å²) >= 11 is 12.8. The Morgan fingerprint density at radius 1 is 0.902 bits per heavy atom. The van der Waals surface area contributed by atoms with E-state index in [0.717, 1.165) is 16.7 Å². The second-order valence-corrected chi connectivity index (χ2v) is 17.7. The number of urea groups is 1. The molecule has 0 unspecified atom stereocenters. The molecule has 0 spiro atoms. The molecule has 0 aliphatic carbocycles. The molecular formula is C39H48Cl2N4O5S. The number of amides is 2. The van der Waals surface area contributed by atoms with Gasteiger partial charge in [0.15, 0.2) is 0 Å². The maximum absolute atomic E-state index is 15.3. The maximum Gasteiger partial charge on any atom is 0.326 e. The second-order valence-electron chi connectivity index (χ2n) is 14.5. The lowest BCUT2D eigenvalue weighted by Crippen LogP contribution is -2.61. The number of nitrogens with zero attached hydrogens (tertiary/aromatic N) is 4. The first kappa shape index (κ1) is 37.6. The highest BCUT2D eigenvalue weighted by molar-refractivity contribution is 7.91. The van der Waals surface area contributed by atoms with E-state index in [2.05, 4.69) is 18.7 Å². The summed E-state index contributed by atoms with van der Waals surface area (Å²) in [7, 11) is -1.28. The molecule has 51 heavy (non-hydrogen) atoms. The number of amidine groups is 1. The van der Waals surface area contributed by atoms with Crippen molar-refractivity contribution in [2.24, 2.45) is 4.99 Å². The Labute approximate surface area is 312 Å². The van der Waals surface area contributed by atoms with Crippen molar-refractivity contribution in [2.75, 3.05) is 51.4 Å². The van der Waals surface area contributed by atoms with E-state index in [-0.39, 0.29) is 23.6 Å². The van der Waals surface area contributed by atoms with Crippen LogP contribution in [0.25, 0.3) is 0 Å². The summed E-state index contributed by atoms with van der Waals surface area (Å²) in [5.41, 5.74) is 0.815. The molecule has 2 amide bonds. The molecule has 6 rings (SSSR count). The van der Waals surface area contributed by atoms with Crippen molar-refractivity contribution < 1.29 is 22.7 Å². The zero-order valence-electron chi connectivity index (χ0n) is 30.3. The third-order valence-electron chi connectivity index (χ3n) is 11.3. The van der Waals surface area contributed by atoms with Crippen molar-refractivity contribution in [1.82, 2.24) is 14.7 Å². The lowest BCUT2D eigenvalue weighted by atomic mass is 9.71. The molecule has 3 aromatic carbocycles. The summed E-state index contributed by atoms with van der Waals surface area (Å²) in [5.74, 6) is 1.54. The number of sulfone groups is 1. The number of rotatable bonds is 8. The van der Waals surface area contributed by atoms with Crippen molar-refractivity contribution in [3.8, 4) is 5.75 Å². The van der Waals surface area contributed by atoms with E-state index < -0.39 is 26.5 Å². The first-order valence-electron chi connectivity index (χ1n) is 17.6. The van der Waals surface area contributed by atoms with Crippen LogP contribution in [0.15, 0.2) is 71.7 Å². The molecular weight excluding hydrogens is 707 g/mol. The van der Waals surface area contributed by atoms with Gasteiger partial charge in [-0.25, -0.2) is 13.2 Å². The minimum absolute atomic E-state index is 0.168. The average Bonchev–Trinajstić information content (AvgIpc) is 3.36. The minimum Gasteiger partial charge on any atom is -0.493 e. The number of carbonyl (C=O) groups is 1. The summed E-state index contributed by atoms with van der Waals surface area (Å²) in [6, 6.07) is 21.3. The number of hydrogen-bond acceptors (Lipinski definition) is 7. The summed E-state index contributed by atoms with van der Waals surface area (Å²) < 4.78 is 36.3. The lowest BCUT2D eigenvalue weighted by Gasteiger charge is -2.48. The van der Waals surface area contributed by atoms with Crippen molar-refractivity contribution in [2.45, 2.75) is 70.2 Å². The van der Waals surface area contributed by atoms with Crippen LogP contribution in [0.4, 0.5) is 4.79 Å². The van der Waals surface area contributed by atoms with Gasteiger partial charge in [-0.05, 0) is 101 Å². The van der Waals surface area contributed by atoms with Crippen LogP contribution >= 0.6 is 23.2 Å². The number of benzene rings is 3. The van der Waals surface area contributed by atoms with Crippen molar-refractivity contribution in [1.29, 1.82) is 0 Å². The Morgan fingerprint density at radius 2 is 1.47 bits per heavy atom. The SMILES string of the molecule is CCOc1cc(C(C)(C)OC)ccc1C1=N[C@@](C)(c2ccc(Cl)cc2)[C@@](C)(c2ccc(Cl)cc2)N1C(=O)N1CCN(C2CCS(=O)(=O)CC2)CC1. The molecule has 0 N–H and O–H groups in total. The van der Waals surface area contributed by atoms with E-state index in [4.69, 9.17) is 37.7 Å². The largest absolute Gasteiger partial charge is 0.493 e. The zero-order valence-corrected chi connectivity index (χ0v) is 32.6. The van der Waals surface area contributed by atoms with Gasteiger partial charge < -0.3 is 14.4 Å². The van der Waals surface area contributed by atoms with Crippen LogP contribution in [0.3, 0.4) is 0 Å². The molecule has 0 aromatic heterocycles. The summed E-state index contributed by atoms with van der Waals surface area (Å²) in [6.45, 7) is 12.8. The highest BCUT2D eigenvalue weighted by atomic mass is 35.5. The van der Waals surface area contributed by atoms with Gasteiger partial charge in [0.1, 0.15) is 32.5 Å². The van der Waals surface area contributed by atoms with Gasteiger partial charge in [0.05, 0.1) is 29.3 Å². The molecule has 3 aliphatic heterocycles. The van der Waals surface area contributed by atoms with Crippen LogP contribution < -0.4 is 4.74 Å². The maximum atomic E-state index is 15.3. The van der Waals surface area contributed by atoms with Gasteiger partial charge in [-0.1, -0.05) is 53.5 Å². The summed E-state index contributed by atoms with van der Waals surface area (Å²) in [5, 5.41) is 1.20. The fraction of sp³-hybridized carbons (Fsp3) is 0.487. The molecule has 0 bridgehead atoms. The first-order valence-corrected chi connectivity index (χ1v) is 20.2. The van der Waals surface area contributed by atoms with Crippen molar-refractivity contribution in [3.05, 3.63) is 99.0 Å². The standard InChI is InChI=1S/C39H48Cl2N4O5S/c1-7-50-34-26-29(37(2,3)49-6)12-17-33(34)35-42-38(4,27-8-13-30(40)14-9-27)39(5,28-10-15-31(41)16-11-28)45(35)36(46)44-22-20-43(21-23-44)32-18-24-51(47,48)25-19-32/h8-17,26,32H,7,18-25H2,1-6H3/t38-,39+/m0/s1. The van der Waals surface area contributed by atoms with Crippen LogP contribution in [0, 0.1) is 0 Å². The molecule has 0 radical (unpaired) electrons. The van der Waals surface area contributed by atoms with E-state index in [9.17, 15) is 8.42 Å². The molecule has 3 heterocycles. The van der Waals surface area contributed by atoms with Crippen molar-refractivity contribution in [3.63, 3.8) is 0 Å². The normalized spacial score (nSPS) is 24.4. The van der Waals surface area contributed by atoms with E-state index in [1.165, 1.54) is 0 Å². The van der Waals surface area contributed by atoms with Gasteiger partial charge in [-0.2, -0.15) is 0 Å². The van der Waals surface area contributed by atoms with Crippen LogP contribution in [0.1, 0.15) is 69.7 Å². The van der Waals surface area contributed by atoms with Gasteiger partial charge in [0.2, 0.25) is 0 Å². The van der Waals surface area contributed by atoms with Gasteiger partial charge in [0.25, 0.3) is 0 Å². The molecule has 0 saturated carbocycles. The molecule has 274 valence electrons. The summed E-state index contributed by atoms with van der Waals surface area (Å²) in [4.78, 5) is 26.9. The molecule has 3 aliphatic rings. The zero-order chi connectivity index (χ0) is 36.8. The molecule has 9 nitrogen and oxygen atoms in total. The highest BCUT2D eigenvalue weighted by Crippen LogP contribution is 2.54. The number of aliphatic imine (C=N–C) groups is 1. The Kier molecular flexibility index (Phi) is 10.6. The third kappa shape index (κ3) is 7.02. The highest BCUT2D eigenvalue weighted by Gasteiger charge is 2.60. The van der Waals surface area contributed by atoms with Crippen LogP contribution in [0.2, 0.25) is 10.0 Å². The smallest absolute Gasteiger partial charge is 0.326 e. The monoisotopic (exact) mass is 754 g/mol. The number of piperazine rings is 1. The number of ether oxygens (including phenoxy) is 2. The van der Waals surface area contributed by atoms with E-state index in [0.29, 0.717) is 72.8 Å². The summed E-state index contributed by atoms with van der Waals surface area (Å²) in [6.07, 6.45) is 1.26. The van der Waals surface area contributed by atoms with Gasteiger partial charge in [-0.3, -0.25) is 14.8 Å². The lowest BCUT2D eigenvalue weighted by molar-refractivity contribution is 0.0190. The Hall–Kier alpha value is -3.15. The van der Waals surface area contributed by atoms with E-state index >= 15 is 4.79 Å². The van der Waals surface area contributed by atoms with E-state index in [1.54, 1.807) is 7.11 Å². The van der Waals surface area contributed by atoms with Gasteiger partial charge >= 0.3 is 6.03 Å². The number of halogens is 2. The minimum atomic E-state index is -2.96. The van der Waals surface area contributed by atoms with Gasteiger partial charge in [-0.15, -0.1) is 0 Å². The molecule has 2 fully saturated rings. The fourth-order valence-corrected chi connectivity index (χ4v) is 9.42. The Balaban J connectivity index is 1.48. The quantitative estimate of drug-likeness (QED) is 0.237. The molecule has 2 saturated heterocycles. The topological polar surface area (TPSA) is 91.8 Å². The predicted molar refractivity (Wildman–Crippen MR) is 204 cm³/mol. The Morgan fingerprint density at radius 3 is 2.02 bits per heavy atom. The van der Waals surface area contributed by atoms with Crippen LogP contribution in [-0.4, -0.2) is 92.4 Å².